The average Bonchev–Trinajstić information content (AvgIpc) is 2.56. The molecule has 0 bridgehead atoms. The summed E-state index contributed by atoms with van der Waals surface area (Å²) in [5.41, 5.74) is 5.48. The Morgan fingerprint density at radius 2 is 1.72 bits per heavy atom. The molecule has 7 nitrogen and oxygen atoms in total. The predicted molar refractivity (Wildman–Crippen MR) is 62.4 cm³/mol. The minimum Gasteiger partial charge on any atom is -0.399 e. The lowest BCUT2D eigenvalue weighted by Crippen LogP contribution is -2.30. The second kappa shape index (κ2) is 4.07. The topological polar surface area (TPSA) is 118 Å². The first-order valence-corrected chi connectivity index (χ1v) is 6.47. The van der Waals surface area contributed by atoms with Crippen molar-refractivity contribution >= 4 is 33.3 Å². The molecule has 18 heavy (non-hydrogen) atoms. The number of nitrogen functional groups attached to an aromatic ring is 1. The number of rotatable bonds is 2. The van der Waals surface area contributed by atoms with Crippen molar-refractivity contribution in [2.45, 2.75) is 17.7 Å². The van der Waals surface area contributed by atoms with Crippen LogP contribution >= 0.6 is 0 Å². The van der Waals surface area contributed by atoms with Crippen molar-refractivity contribution in [1.29, 1.82) is 0 Å². The van der Waals surface area contributed by atoms with E-state index >= 15 is 0 Å². The zero-order valence-electron chi connectivity index (χ0n) is 9.16. The van der Waals surface area contributed by atoms with E-state index in [1.807, 2.05) is 0 Å². The Morgan fingerprint density at radius 1 is 1.17 bits per heavy atom. The number of amides is 2. The molecular weight excluding hydrogens is 260 g/mol. The molecular formula is C10H10N2O5S. The maximum atomic E-state index is 11.6. The van der Waals surface area contributed by atoms with Crippen LogP contribution in [0.2, 0.25) is 0 Å². The maximum Gasteiger partial charge on any atom is 0.296 e. The minimum atomic E-state index is -4.54. The quantitative estimate of drug-likeness (QED) is 0.449. The normalized spacial score (nSPS) is 16.4. The fraction of sp³-hybridized carbons (Fsp3) is 0.200. The van der Waals surface area contributed by atoms with Gasteiger partial charge in [-0.2, -0.15) is 8.42 Å². The van der Waals surface area contributed by atoms with Gasteiger partial charge in [-0.05, 0) is 18.2 Å². The van der Waals surface area contributed by atoms with Crippen LogP contribution in [0, 0.1) is 0 Å². The zero-order chi connectivity index (χ0) is 13.5. The second-order valence-electron chi connectivity index (χ2n) is 3.83. The van der Waals surface area contributed by atoms with Gasteiger partial charge >= 0.3 is 0 Å². The third kappa shape index (κ3) is 2.07. The van der Waals surface area contributed by atoms with Crippen LogP contribution in [0.25, 0.3) is 0 Å². The molecule has 1 aromatic rings. The Bertz CT molecular complexity index is 622. The van der Waals surface area contributed by atoms with Gasteiger partial charge in [0.25, 0.3) is 10.1 Å². The van der Waals surface area contributed by atoms with Crippen molar-refractivity contribution in [2.24, 2.45) is 0 Å². The number of carbonyl (C=O) groups excluding carboxylic acids is 2. The molecule has 0 spiro atoms. The molecule has 1 aliphatic heterocycles. The summed E-state index contributed by atoms with van der Waals surface area (Å²) in [6.07, 6.45) is 0.0249. The van der Waals surface area contributed by atoms with Gasteiger partial charge in [-0.1, -0.05) is 0 Å². The average molecular weight is 270 g/mol. The zero-order valence-corrected chi connectivity index (χ0v) is 9.98. The lowest BCUT2D eigenvalue weighted by molar-refractivity contribution is -0.121. The highest BCUT2D eigenvalue weighted by molar-refractivity contribution is 7.86. The summed E-state index contributed by atoms with van der Waals surface area (Å²) in [7, 11) is -4.54. The molecule has 0 unspecified atom stereocenters. The van der Waals surface area contributed by atoms with Crippen molar-refractivity contribution in [3.05, 3.63) is 18.2 Å². The summed E-state index contributed by atoms with van der Waals surface area (Å²) in [6.45, 7) is 0. The molecule has 3 N–H and O–H groups in total. The van der Waals surface area contributed by atoms with Crippen LogP contribution in [-0.2, 0) is 19.7 Å². The number of hydrogen-bond donors (Lipinski definition) is 2. The number of carbonyl (C=O) groups is 2. The van der Waals surface area contributed by atoms with E-state index in [9.17, 15) is 18.0 Å². The largest absolute Gasteiger partial charge is 0.399 e. The molecule has 0 saturated carbocycles. The van der Waals surface area contributed by atoms with Crippen LogP contribution in [0.3, 0.4) is 0 Å². The first-order chi connectivity index (χ1) is 8.30. The molecule has 0 aromatic heterocycles. The van der Waals surface area contributed by atoms with Gasteiger partial charge < -0.3 is 5.73 Å². The molecule has 1 saturated heterocycles. The van der Waals surface area contributed by atoms with E-state index < -0.39 is 26.8 Å². The molecule has 0 atom stereocenters. The van der Waals surface area contributed by atoms with E-state index in [0.717, 1.165) is 11.0 Å². The van der Waals surface area contributed by atoms with Crippen LogP contribution in [0.15, 0.2) is 23.1 Å². The summed E-state index contributed by atoms with van der Waals surface area (Å²) in [5, 5.41) is 0. The fourth-order valence-corrected chi connectivity index (χ4v) is 2.43. The molecule has 8 heteroatoms. The number of imide groups is 1. The monoisotopic (exact) mass is 270 g/mol. The molecule has 2 amide bonds. The Hall–Kier alpha value is -1.93. The van der Waals surface area contributed by atoms with Gasteiger partial charge in [-0.15, -0.1) is 0 Å². The highest BCUT2D eigenvalue weighted by atomic mass is 32.2. The highest BCUT2D eigenvalue weighted by Crippen LogP contribution is 2.31. The third-order valence-electron chi connectivity index (χ3n) is 2.55. The number of nitrogens with zero attached hydrogens (tertiary/aromatic N) is 1. The second-order valence-corrected chi connectivity index (χ2v) is 5.22. The van der Waals surface area contributed by atoms with Crippen molar-refractivity contribution in [2.75, 3.05) is 10.6 Å². The first kappa shape index (κ1) is 12.5. The van der Waals surface area contributed by atoms with E-state index in [1.54, 1.807) is 0 Å². The molecule has 2 rings (SSSR count). The van der Waals surface area contributed by atoms with Gasteiger partial charge in [0.15, 0.2) is 0 Å². The minimum absolute atomic E-state index is 0.0124. The molecule has 1 aliphatic rings. The summed E-state index contributed by atoms with van der Waals surface area (Å²) in [4.78, 5) is 23.3. The van der Waals surface area contributed by atoms with E-state index in [0.29, 0.717) is 0 Å². The Labute approximate surface area is 103 Å². The molecule has 1 aromatic carbocycles. The predicted octanol–water partition coefficient (Wildman–Crippen LogP) is 0.169. The van der Waals surface area contributed by atoms with E-state index in [-0.39, 0.29) is 24.2 Å². The smallest absolute Gasteiger partial charge is 0.296 e. The fourth-order valence-electron chi connectivity index (χ4n) is 1.77. The van der Waals surface area contributed by atoms with Crippen molar-refractivity contribution in [3.63, 3.8) is 0 Å². The van der Waals surface area contributed by atoms with E-state index in [2.05, 4.69) is 0 Å². The standard InChI is InChI=1S/C10H10N2O5S/c11-6-1-2-8(18(15,16)17)7(5-6)12-9(13)3-4-10(12)14/h1-2,5H,3-4,11H2,(H,15,16,17). The van der Waals surface area contributed by atoms with Gasteiger partial charge in [-0.25, -0.2) is 4.90 Å². The van der Waals surface area contributed by atoms with Crippen LogP contribution in [-0.4, -0.2) is 24.8 Å². The van der Waals surface area contributed by atoms with Crippen LogP contribution < -0.4 is 10.6 Å². The first-order valence-electron chi connectivity index (χ1n) is 5.03. The molecule has 0 radical (unpaired) electrons. The van der Waals surface area contributed by atoms with Crippen LogP contribution in [0.5, 0.6) is 0 Å². The van der Waals surface area contributed by atoms with Gasteiger partial charge in [0.05, 0.1) is 5.69 Å². The van der Waals surface area contributed by atoms with Crippen molar-refractivity contribution < 1.29 is 22.6 Å². The Morgan fingerprint density at radius 3 is 2.22 bits per heavy atom. The Balaban J connectivity index is 2.66. The summed E-state index contributed by atoms with van der Waals surface area (Å²) >= 11 is 0. The summed E-state index contributed by atoms with van der Waals surface area (Å²) in [5.74, 6) is -1.04. The van der Waals surface area contributed by atoms with Gasteiger partial charge in [-0.3, -0.25) is 14.1 Å². The molecule has 0 aliphatic carbocycles. The maximum absolute atomic E-state index is 11.6. The van der Waals surface area contributed by atoms with Crippen molar-refractivity contribution in [1.82, 2.24) is 0 Å². The number of benzene rings is 1. The van der Waals surface area contributed by atoms with E-state index in [1.165, 1.54) is 12.1 Å². The van der Waals surface area contributed by atoms with Crippen molar-refractivity contribution in [3.8, 4) is 0 Å². The lowest BCUT2D eigenvalue weighted by Gasteiger charge is -2.17. The van der Waals surface area contributed by atoms with E-state index in [4.69, 9.17) is 10.3 Å². The lowest BCUT2D eigenvalue weighted by atomic mass is 10.2. The van der Waals surface area contributed by atoms with Crippen LogP contribution in [0.4, 0.5) is 11.4 Å². The molecule has 96 valence electrons. The number of anilines is 2. The molecule has 1 fully saturated rings. The molecule has 1 heterocycles. The number of nitrogens with two attached hydrogens (primary N) is 1. The van der Waals surface area contributed by atoms with Gasteiger partial charge in [0, 0.05) is 18.5 Å². The SMILES string of the molecule is Nc1ccc(S(=O)(=O)O)c(N2C(=O)CCC2=O)c1. The summed E-state index contributed by atoms with van der Waals surface area (Å²) < 4.78 is 31.5. The van der Waals surface area contributed by atoms with Gasteiger partial charge in [0.2, 0.25) is 11.8 Å². The highest BCUT2D eigenvalue weighted by Gasteiger charge is 2.34. The number of hydrogen-bond acceptors (Lipinski definition) is 5. The van der Waals surface area contributed by atoms with Gasteiger partial charge in [0.1, 0.15) is 4.90 Å². The van der Waals surface area contributed by atoms with Crippen LogP contribution in [0.1, 0.15) is 12.8 Å². The Kier molecular flexibility index (Phi) is 2.83. The summed E-state index contributed by atoms with van der Waals surface area (Å²) in [6, 6.07) is 3.49. The third-order valence-corrected chi connectivity index (χ3v) is 3.45.